The number of rotatable bonds is 2. The van der Waals surface area contributed by atoms with Gasteiger partial charge in [0.05, 0.1) is 12.1 Å². The normalized spacial score (nSPS) is 20.4. The lowest BCUT2D eigenvalue weighted by molar-refractivity contribution is 0.155. The minimum atomic E-state index is -0.572. The van der Waals surface area contributed by atoms with Gasteiger partial charge in [0, 0.05) is 5.69 Å². The number of aliphatic hydroxyl groups excluding tert-OH is 1. The van der Waals surface area contributed by atoms with Crippen LogP contribution in [0.5, 0.6) is 11.5 Å². The first-order chi connectivity index (χ1) is 9.81. The standard InChI is InChI=1S/C16H15NO3/c18-16(11-5-6-14-15(8-11)20-9-19-14)13-7-10-3-1-2-4-12(10)17-13/h1-6,8,13,16-18H,7,9H2. The summed E-state index contributed by atoms with van der Waals surface area (Å²) in [5.74, 6) is 1.45. The Bertz CT molecular complexity index is 631. The maximum atomic E-state index is 10.6. The average molecular weight is 269 g/mol. The SMILES string of the molecule is OC(c1ccc2c(c1)OCO2)C1Cc2ccccc2N1. The van der Waals surface area contributed by atoms with E-state index in [4.69, 9.17) is 9.47 Å². The monoisotopic (exact) mass is 269 g/mol. The molecule has 0 fully saturated rings. The quantitative estimate of drug-likeness (QED) is 0.879. The second-order valence-corrected chi connectivity index (χ2v) is 5.17. The van der Waals surface area contributed by atoms with Crippen molar-refractivity contribution < 1.29 is 14.6 Å². The van der Waals surface area contributed by atoms with E-state index in [0.29, 0.717) is 5.75 Å². The van der Waals surface area contributed by atoms with Crippen LogP contribution in [0.3, 0.4) is 0 Å². The predicted molar refractivity (Wildman–Crippen MR) is 75.1 cm³/mol. The van der Waals surface area contributed by atoms with Crippen LogP contribution in [0.25, 0.3) is 0 Å². The van der Waals surface area contributed by atoms with E-state index < -0.39 is 6.10 Å². The van der Waals surface area contributed by atoms with Gasteiger partial charge in [0.25, 0.3) is 0 Å². The number of nitrogens with one attached hydrogen (secondary N) is 1. The third-order valence-electron chi connectivity index (χ3n) is 3.92. The molecule has 0 saturated carbocycles. The summed E-state index contributed by atoms with van der Waals surface area (Å²) in [4.78, 5) is 0. The zero-order valence-corrected chi connectivity index (χ0v) is 10.9. The molecule has 0 spiro atoms. The van der Waals surface area contributed by atoms with Gasteiger partial charge in [-0.05, 0) is 35.7 Å². The molecule has 2 aromatic rings. The Hall–Kier alpha value is -2.20. The second-order valence-electron chi connectivity index (χ2n) is 5.17. The van der Waals surface area contributed by atoms with Crippen LogP contribution in [-0.4, -0.2) is 17.9 Å². The van der Waals surface area contributed by atoms with Gasteiger partial charge in [0.2, 0.25) is 6.79 Å². The molecule has 0 bridgehead atoms. The minimum absolute atomic E-state index is 0.00669. The number of para-hydroxylation sites is 1. The van der Waals surface area contributed by atoms with Crippen LogP contribution in [0, 0.1) is 0 Å². The summed E-state index contributed by atoms with van der Waals surface area (Å²) in [6.07, 6.45) is 0.253. The number of fused-ring (bicyclic) bond motifs is 2. The molecule has 2 atom stereocenters. The van der Waals surface area contributed by atoms with Crippen LogP contribution in [0.4, 0.5) is 5.69 Å². The summed E-state index contributed by atoms with van der Waals surface area (Å²) in [5.41, 5.74) is 3.20. The van der Waals surface area contributed by atoms with Crippen molar-refractivity contribution in [2.24, 2.45) is 0 Å². The molecule has 0 radical (unpaired) electrons. The van der Waals surface area contributed by atoms with E-state index in [1.807, 2.05) is 36.4 Å². The summed E-state index contributed by atoms with van der Waals surface area (Å²) in [6, 6.07) is 13.8. The topological polar surface area (TPSA) is 50.7 Å². The maximum Gasteiger partial charge on any atom is 0.231 e. The van der Waals surface area contributed by atoms with E-state index in [0.717, 1.165) is 23.4 Å². The van der Waals surface area contributed by atoms with E-state index in [1.54, 1.807) is 0 Å². The van der Waals surface area contributed by atoms with Crippen LogP contribution < -0.4 is 14.8 Å². The number of anilines is 1. The molecule has 4 rings (SSSR count). The van der Waals surface area contributed by atoms with Crippen LogP contribution in [-0.2, 0) is 6.42 Å². The molecule has 102 valence electrons. The molecule has 0 amide bonds. The van der Waals surface area contributed by atoms with Gasteiger partial charge in [0.15, 0.2) is 11.5 Å². The largest absolute Gasteiger partial charge is 0.454 e. The molecule has 0 aliphatic carbocycles. The third-order valence-corrected chi connectivity index (χ3v) is 3.92. The number of hydrogen-bond donors (Lipinski definition) is 2. The van der Waals surface area contributed by atoms with Gasteiger partial charge in [-0.1, -0.05) is 24.3 Å². The van der Waals surface area contributed by atoms with Crippen molar-refractivity contribution in [3.63, 3.8) is 0 Å². The molecule has 2 heterocycles. The first kappa shape index (κ1) is 11.6. The average Bonchev–Trinajstić information content (AvgIpc) is 3.11. The fraction of sp³-hybridized carbons (Fsp3) is 0.250. The zero-order valence-electron chi connectivity index (χ0n) is 10.9. The van der Waals surface area contributed by atoms with Gasteiger partial charge in [-0.25, -0.2) is 0 Å². The summed E-state index contributed by atoms with van der Waals surface area (Å²) in [6.45, 7) is 0.252. The van der Waals surface area contributed by atoms with Gasteiger partial charge >= 0.3 is 0 Å². The number of aliphatic hydroxyl groups is 1. The van der Waals surface area contributed by atoms with Crippen molar-refractivity contribution in [3.8, 4) is 11.5 Å². The van der Waals surface area contributed by atoms with Gasteiger partial charge in [0.1, 0.15) is 0 Å². The van der Waals surface area contributed by atoms with Crippen LogP contribution >= 0.6 is 0 Å². The summed E-state index contributed by atoms with van der Waals surface area (Å²) < 4.78 is 10.6. The highest BCUT2D eigenvalue weighted by atomic mass is 16.7. The minimum Gasteiger partial charge on any atom is -0.454 e. The molecule has 2 N–H and O–H groups in total. The van der Waals surface area contributed by atoms with Gasteiger partial charge < -0.3 is 19.9 Å². The van der Waals surface area contributed by atoms with Crippen molar-refractivity contribution in [2.45, 2.75) is 18.6 Å². The Morgan fingerprint density at radius 1 is 1.10 bits per heavy atom. The summed E-state index contributed by atoms with van der Waals surface area (Å²) in [5, 5.41) is 13.9. The zero-order chi connectivity index (χ0) is 13.5. The molecule has 4 nitrogen and oxygen atoms in total. The Morgan fingerprint density at radius 2 is 1.95 bits per heavy atom. The molecule has 0 saturated heterocycles. The number of hydrogen-bond acceptors (Lipinski definition) is 4. The van der Waals surface area contributed by atoms with E-state index in [-0.39, 0.29) is 12.8 Å². The Kier molecular flexibility index (Phi) is 2.57. The lowest BCUT2D eigenvalue weighted by Gasteiger charge is -2.19. The lowest BCUT2D eigenvalue weighted by Crippen LogP contribution is -2.24. The van der Waals surface area contributed by atoms with Crippen molar-refractivity contribution in [2.75, 3.05) is 12.1 Å². The van der Waals surface area contributed by atoms with E-state index >= 15 is 0 Å². The first-order valence-electron chi connectivity index (χ1n) is 6.73. The van der Waals surface area contributed by atoms with Crippen LogP contribution in [0.1, 0.15) is 17.2 Å². The maximum absolute atomic E-state index is 10.6. The van der Waals surface area contributed by atoms with E-state index in [1.165, 1.54) is 5.56 Å². The second kappa shape index (κ2) is 4.42. The molecular formula is C16H15NO3. The highest BCUT2D eigenvalue weighted by molar-refractivity contribution is 5.57. The van der Waals surface area contributed by atoms with Gasteiger partial charge in [-0.15, -0.1) is 0 Å². The molecule has 0 aromatic heterocycles. The fourth-order valence-electron chi connectivity index (χ4n) is 2.85. The van der Waals surface area contributed by atoms with E-state index in [2.05, 4.69) is 11.4 Å². The first-order valence-corrected chi connectivity index (χ1v) is 6.73. The molecule has 2 unspecified atom stereocenters. The molecule has 2 aromatic carbocycles. The molecular weight excluding hydrogens is 254 g/mol. The molecule has 2 aliphatic rings. The van der Waals surface area contributed by atoms with Crippen LogP contribution in [0.2, 0.25) is 0 Å². The van der Waals surface area contributed by atoms with Crippen molar-refractivity contribution >= 4 is 5.69 Å². The van der Waals surface area contributed by atoms with E-state index in [9.17, 15) is 5.11 Å². The lowest BCUT2D eigenvalue weighted by atomic mass is 9.99. The Balaban J connectivity index is 1.58. The smallest absolute Gasteiger partial charge is 0.231 e. The van der Waals surface area contributed by atoms with Crippen molar-refractivity contribution in [3.05, 3.63) is 53.6 Å². The molecule has 4 heteroatoms. The predicted octanol–water partition coefficient (Wildman–Crippen LogP) is 2.49. The Labute approximate surface area is 117 Å². The van der Waals surface area contributed by atoms with Crippen molar-refractivity contribution in [1.82, 2.24) is 0 Å². The third kappa shape index (κ3) is 1.80. The summed E-state index contributed by atoms with van der Waals surface area (Å²) in [7, 11) is 0. The van der Waals surface area contributed by atoms with Crippen molar-refractivity contribution in [1.29, 1.82) is 0 Å². The Morgan fingerprint density at radius 3 is 2.85 bits per heavy atom. The number of benzene rings is 2. The molecule has 20 heavy (non-hydrogen) atoms. The number of ether oxygens (including phenoxy) is 2. The highest BCUT2D eigenvalue weighted by Gasteiger charge is 2.28. The van der Waals surface area contributed by atoms with Crippen LogP contribution in [0.15, 0.2) is 42.5 Å². The van der Waals surface area contributed by atoms with Gasteiger partial charge in [-0.3, -0.25) is 0 Å². The highest BCUT2D eigenvalue weighted by Crippen LogP contribution is 2.37. The molecule has 2 aliphatic heterocycles. The van der Waals surface area contributed by atoms with Gasteiger partial charge in [-0.2, -0.15) is 0 Å². The summed E-state index contributed by atoms with van der Waals surface area (Å²) >= 11 is 0. The fourth-order valence-corrected chi connectivity index (χ4v) is 2.85.